The molecule has 2 aromatic rings. The van der Waals surface area contributed by atoms with Crippen molar-refractivity contribution < 1.29 is 14.3 Å². The molecule has 0 heterocycles. The molecule has 0 aliphatic rings. The molecule has 20 heavy (non-hydrogen) atoms. The molecule has 0 fully saturated rings. The van der Waals surface area contributed by atoms with Gasteiger partial charge in [0.1, 0.15) is 0 Å². The van der Waals surface area contributed by atoms with Crippen LogP contribution in [0.1, 0.15) is 15.9 Å². The molecule has 0 unspecified atom stereocenters. The Morgan fingerprint density at radius 1 is 1.05 bits per heavy atom. The van der Waals surface area contributed by atoms with E-state index in [1.165, 1.54) is 14.2 Å². The minimum absolute atomic E-state index is 0.0466. The van der Waals surface area contributed by atoms with Crippen molar-refractivity contribution in [3.8, 4) is 11.5 Å². The number of rotatable bonds is 5. The average molecular weight is 271 g/mol. The lowest BCUT2D eigenvalue weighted by Crippen LogP contribution is -2.08. The Labute approximate surface area is 118 Å². The van der Waals surface area contributed by atoms with Crippen LogP contribution in [0.5, 0.6) is 11.5 Å². The fourth-order valence-corrected chi connectivity index (χ4v) is 2.01. The van der Waals surface area contributed by atoms with Crippen LogP contribution in [-0.4, -0.2) is 20.0 Å². The first-order valence-corrected chi connectivity index (χ1v) is 6.24. The molecule has 0 bridgehead atoms. The lowest BCUT2D eigenvalue weighted by molar-refractivity contribution is 0.0993. The van der Waals surface area contributed by atoms with Gasteiger partial charge in [-0.05, 0) is 11.6 Å². The van der Waals surface area contributed by atoms with Crippen LogP contribution in [0.2, 0.25) is 0 Å². The fourth-order valence-electron chi connectivity index (χ4n) is 2.01. The minimum Gasteiger partial charge on any atom is -0.493 e. The van der Waals surface area contributed by atoms with Gasteiger partial charge in [-0.25, -0.2) is 0 Å². The van der Waals surface area contributed by atoms with Crippen LogP contribution in [0.4, 0.5) is 5.69 Å². The predicted molar refractivity (Wildman–Crippen MR) is 78.4 cm³/mol. The van der Waals surface area contributed by atoms with Crippen LogP contribution in [-0.2, 0) is 6.42 Å². The highest BCUT2D eigenvalue weighted by atomic mass is 16.5. The van der Waals surface area contributed by atoms with Gasteiger partial charge < -0.3 is 15.2 Å². The summed E-state index contributed by atoms with van der Waals surface area (Å²) in [6.07, 6.45) is 0.306. The van der Waals surface area contributed by atoms with Gasteiger partial charge in [0.15, 0.2) is 17.3 Å². The molecule has 4 nitrogen and oxygen atoms in total. The standard InChI is InChI=1S/C16H17NO3/c1-19-15-9-12(13(17)10-16(15)20-2)14(18)8-11-6-4-3-5-7-11/h3-7,9-10H,8,17H2,1-2H3. The monoisotopic (exact) mass is 271 g/mol. The van der Waals surface area contributed by atoms with E-state index in [0.29, 0.717) is 29.2 Å². The summed E-state index contributed by atoms with van der Waals surface area (Å²) in [6, 6.07) is 12.8. The Morgan fingerprint density at radius 3 is 2.25 bits per heavy atom. The first-order chi connectivity index (χ1) is 9.65. The van der Waals surface area contributed by atoms with Gasteiger partial charge in [-0.15, -0.1) is 0 Å². The molecule has 0 aliphatic heterocycles. The maximum absolute atomic E-state index is 12.3. The Balaban J connectivity index is 2.30. The molecule has 0 saturated carbocycles. The second kappa shape index (κ2) is 6.10. The number of methoxy groups -OCH3 is 2. The van der Waals surface area contributed by atoms with Crippen LogP contribution in [0.25, 0.3) is 0 Å². The van der Waals surface area contributed by atoms with Crippen LogP contribution in [0.15, 0.2) is 42.5 Å². The summed E-state index contributed by atoms with van der Waals surface area (Å²) in [5, 5.41) is 0. The lowest BCUT2D eigenvalue weighted by atomic mass is 10.0. The predicted octanol–water partition coefficient (Wildman–Crippen LogP) is 2.71. The van der Waals surface area contributed by atoms with E-state index in [9.17, 15) is 4.79 Å². The first-order valence-electron chi connectivity index (χ1n) is 6.24. The van der Waals surface area contributed by atoms with Gasteiger partial charge in [-0.2, -0.15) is 0 Å². The largest absolute Gasteiger partial charge is 0.493 e. The van der Waals surface area contributed by atoms with Crippen molar-refractivity contribution >= 4 is 11.5 Å². The first kappa shape index (κ1) is 13.9. The summed E-state index contributed by atoms with van der Waals surface area (Å²) in [6.45, 7) is 0. The number of hydrogen-bond donors (Lipinski definition) is 1. The van der Waals surface area contributed by atoms with Gasteiger partial charge in [-0.3, -0.25) is 4.79 Å². The molecular weight excluding hydrogens is 254 g/mol. The number of nitrogen functional groups attached to an aromatic ring is 1. The zero-order chi connectivity index (χ0) is 14.5. The third-order valence-electron chi connectivity index (χ3n) is 3.06. The number of benzene rings is 2. The van der Waals surface area contributed by atoms with Crippen LogP contribution < -0.4 is 15.2 Å². The van der Waals surface area contributed by atoms with Gasteiger partial charge >= 0.3 is 0 Å². The summed E-state index contributed by atoms with van der Waals surface area (Å²) in [4.78, 5) is 12.3. The van der Waals surface area contributed by atoms with Gasteiger partial charge in [-0.1, -0.05) is 30.3 Å². The zero-order valence-corrected chi connectivity index (χ0v) is 11.6. The topological polar surface area (TPSA) is 61.5 Å². The third-order valence-corrected chi connectivity index (χ3v) is 3.06. The molecule has 0 aromatic heterocycles. The smallest absolute Gasteiger partial charge is 0.169 e. The minimum atomic E-state index is -0.0466. The van der Waals surface area contributed by atoms with E-state index in [0.717, 1.165) is 5.56 Å². The maximum atomic E-state index is 12.3. The Kier molecular flexibility index (Phi) is 4.25. The summed E-state index contributed by atoms with van der Waals surface area (Å²) in [5.74, 6) is 0.967. The van der Waals surface area contributed by atoms with Crippen molar-refractivity contribution in [2.75, 3.05) is 20.0 Å². The Hall–Kier alpha value is -2.49. The second-order valence-electron chi connectivity index (χ2n) is 4.38. The summed E-state index contributed by atoms with van der Waals surface area (Å²) in [7, 11) is 3.06. The number of Topliss-reactive ketones (excluding diaryl/α,β-unsaturated/α-hetero) is 1. The van der Waals surface area contributed by atoms with Crippen LogP contribution in [0.3, 0.4) is 0 Å². The van der Waals surface area contributed by atoms with Crippen molar-refractivity contribution in [1.29, 1.82) is 0 Å². The molecule has 0 spiro atoms. The van der Waals surface area contributed by atoms with E-state index >= 15 is 0 Å². The molecule has 104 valence electrons. The normalized spacial score (nSPS) is 10.1. The Bertz CT molecular complexity index is 609. The van der Waals surface area contributed by atoms with E-state index in [2.05, 4.69) is 0 Å². The number of carbonyl (C=O) groups excluding carboxylic acids is 1. The third kappa shape index (κ3) is 2.91. The number of hydrogen-bond acceptors (Lipinski definition) is 4. The zero-order valence-electron chi connectivity index (χ0n) is 11.6. The molecule has 2 aromatic carbocycles. The van der Waals surface area contributed by atoms with E-state index in [4.69, 9.17) is 15.2 Å². The molecule has 2 N–H and O–H groups in total. The summed E-state index contributed by atoms with van der Waals surface area (Å²) < 4.78 is 10.4. The van der Waals surface area contributed by atoms with Crippen molar-refractivity contribution in [1.82, 2.24) is 0 Å². The van der Waals surface area contributed by atoms with Gasteiger partial charge in [0.05, 0.1) is 14.2 Å². The number of nitrogens with two attached hydrogens (primary N) is 1. The number of anilines is 1. The van der Waals surface area contributed by atoms with Crippen molar-refractivity contribution in [3.63, 3.8) is 0 Å². The second-order valence-corrected chi connectivity index (χ2v) is 4.38. The molecule has 4 heteroatoms. The highest BCUT2D eigenvalue weighted by Gasteiger charge is 2.15. The Morgan fingerprint density at radius 2 is 1.65 bits per heavy atom. The maximum Gasteiger partial charge on any atom is 0.169 e. The molecular formula is C16H17NO3. The lowest BCUT2D eigenvalue weighted by Gasteiger charge is -2.12. The summed E-state index contributed by atoms with van der Waals surface area (Å²) >= 11 is 0. The van der Waals surface area contributed by atoms with Crippen molar-refractivity contribution in [2.45, 2.75) is 6.42 Å². The van der Waals surface area contributed by atoms with Crippen LogP contribution in [0, 0.1) is 0 Å². The molecule has 0 aliphatic carbocycles. The number of carbonyl (C=O) groups is 1. The van der Waals surface area contributed by atoms with Crippen molar-refractivity contribution in [3.05, 3.63) is 53.6 Å². The van der Waals surface area contributed by atoms with E-state index in [-0.39, 0.29) is 5.78 Å². The van der Waals surface area contributed by atoms with Gasteiger partial charge in [0.2, 0.25) is 0 Å². The molecule has 0 atom stereocenters. The fraction of sp³-hybridized carbons (Fsp3) is 0.188. The van der Waals surface area contributed by atoms with E-state index in [1.807, 2.05) is 30.3 Å². The van der Waals surface area contributed by atoms with Gasteiger partial charge in [0.25, 0.3) is 0 Å². The van der Waals surface area contributed by atoms with E-state index < -0.39 is 0 Å². The highest BCUT2D eigenvalue weighted by Crippen LogP contribution is 2.32. The molecule has 0 saturated heterocycles. The van der Waals surface area contributed by atoms with Crippen molar-refractivity contribution in [2.24, 2.45) is 0 Å². The number of ether oxygens (including phenoxy) is 2. The molecule has 0 amide bonds. The SMILES string of the molecule is COc1cc(N)c(C(=O)Cc2ccccc2)cc1OC. The molecule has 0 radical (unpaired) electrons. The van der Waals surface area contributed by atoms with Gasteiger partial charge in [0, 0.05) is 23.7 Å². The number of ketones is 1. The van der Waals surface area contributed by atoms with E-state index in [1.54, 1.807) is 12.1 Å². The van der Waals surface area contributed by atoms with Crippen LogP contribution >= 0.6 is 0 Å². The molecule has 2 rings (SSSR count). The quantitative estimate of drug-likeness (QED) is 0.671. The summed E-state index contributed by atoms with van der Waals surface area (Å²) in [5.41, 5.74) is 7.71. The highest BCUT2D eigenvalue weighted by molar-refractivity contribution is 6.02. The average Bonchev–Trinajstić information content (AvgIpc) is 2.47.